The Morgan fingerprint density at radius 3 is 2.54 bits per heavy atom. The Morgan fingerprint density at radius 2 is 1.83 bits per heavy atom. The van der Waals surface area contributed by atoms with Crippen LogP contribution in [0.4, 0.5) is 5.82 Å². The summed E-state index contributed by atoms with van der Waals surface area (Å²) in [5.41, 5.74) is 1.56. The van der Waals surface area contributed by atoms with Crippen molar-refractivity contribution in [2.75, 3.05) is 11.9 Å². The fraction of sp³-hybridized carbons (Fsp3) is 0.0556. The van der Waals surface area contributed by atoms with Gasteiger partial charge in [0.1, 0.15) is 5.69 Å². The van der Waals surface area contributed by atoms with Gasteiger partial charge < -0.3 is 5.32 Å². The lowest BCUT2D eigenvalue weighted by Gasteiger charge is -2.13. The molecule has 1 N–H and O–H groups in total. The first-order chi connectivity index (χ1) is 11.7. The van der Waals surface area contributed by atoms with Gasteiger partial charge in [-0.1, -0.05) is 42.5 Å². The minimum atomic E-state index is -0.451. The number of aromatic nitrogens is 3. The van der Waals surface area contributed by atoms with Crippen molar-refractivity contribution in [3.05, 3.63) is 77.7 Å². The number of rotatable bonds is 5. The van der Waals surface area contributed by atoms with Crippen LogP contribution in [0.25, 0.3) is 16.9 Å². The number of para-hydroxylation sites is 1. The molecule has 24 heavy (non-hydrogen) atoms. The lowest BCUT2D eigenvalue weighted by molar-refractivity contribution is 0.769. The quantitative estimate of drug-likeness (QED) is 0.555. The van der Waals surface area contributed by atoms with Crippen molar-refractivity contribution in [2.24, 2.45) is 0 Å². The highest BCUT2D eigenvalue weighted by molar-refractivity contribution is 7.80. The summed E-state index contributed by atoms with van der Waals surface area (Å²) in [6.07, 6.45) is 1.70. The third-order valence-electron chi connectivity index (χ3n) is 3.39. The number of thiol groups is 1. The number of hydrogen-bond acceptors (Lipinski definition) is 5. The van der Waals surface area contributed by atoms with Gasteiger partial charge in [-0.3, -0.25) is 0 Å². The average molecular weight is 336 g/mol. The van der Waals surface area contributed by atoms with E-state index in [9.17, 15) is 4.79 Å². The van der Waals surface area contributed by atoms with Crippen molar-refractivity contribution >= 4 is 18.4 Å². The second kappa shape index (κ2) is 7.14. The van der Waals surface area contributed by atoms with Crippen LogP contribution in [0.1, 0.15) is 0 Å². The molecule has 0 aliphatic rings. The van der Waals surface area contributed by atoms with E-state index < -0.39 is 5.69 Å². The van der Waals surface area contributed by atoms with Gasteiger partial charge in [0.05, 0.1) is 5.69 Å². The first-order valence-corrected chi connectivity index (χ1v) is 7.85. The second-order valence-electron chi connectivity index (χ2n) is 5.03. The molecule has 0 radical (unpaired) electrons. The van der Waals surface area contributed by atoms with Gasteiger partial charge in [0.2, 0.25) is 0 Å². The highest BCUT2D eigenvalue weighted by Crippen LogP contribution is 2.28. The number of nitrogens with zero attached hydrogens (tertiary/aromatic N) is 3. The lowest BCUT2D eigenvalue weighted by Crippen LogP contribution is -2.26. The van der Waals surface area contributed by atoms with E-state index in [2.05, 4.69) is 34.6 Å². The molecule has 0 saturated heterocycles. The summed E-state index contributed by atoms with van der Waals surface area (Å²) in [5, 5.41) is 7.59. The first-order valence-electron chi connectivity index (χ1n) is 7.40. The lowest BCUT2D eigenvalue weighted by atomic mass is 10.1. The third-order valence-corrected chi connectivity index (χ3v) is 3.78. The molecular formula is C18H16N4OS. The Kier molecular flexibility index (Phi) is 4.77. The predicted octanol–water partition coefficient (Wildman–Crippen LogP) is 3.18. The normalized spacial score (nSPS) is 10.4. The van der Waals surface area contributed by atoms with Crippen molar-refractivity contribution in [1.29, 1.82) is 0 Å². The predicted molar refractivity (Wildman–Crippen MR) is 99.0 cm³/mol. The molecule has 3 rings (SSSR count). The van der Waals surface area contributed by atoms with E-state index in [0.29, 0.717) is 23.7 Å². The maximum absolute atomic E-state index is 12.4. The molecular weight excluding hydrogens is 320 g/mol. The van der Waals surface area contributed by atoms with E-state index >= 15 is 0 Å². The van der Waals surface area contributed by atoms with E-state index in [1.54, 1.807) is 6.08 Å². The van der Waals surface area contributed by atoms with Crippen molar-refractivity contribution in [2.45, 2.75) is 4.90 Å². The number of nitrogens with one attached hydrogen (secondary N) is 1. The van der Waals surface area contributed by atoms with Crippen molar-refractivity contribution < 1.29 is 0 Å². The Hall–Kier alpha value is -2.86. The van der Waals surface area contributed by atoms with Crippen LogP contribution in [0.2, 0.25) is 0 Å². The molecule has 2 aromatic carbocycles. The van der Waals surface area contributed by atoms with Gasteiger partial charge in [-0.05, 0) is 18.2 Å². The van der Waals surface area contributed by atoms with E-state index in [-0.39, 0.29) is 0 Å². The molecule has 0 bridgehead atoms. The maximum atomic E-state index is 12.4. The fourth-order valence-corrected chi connectivity index (χ4v) is 2.54. The Morgan fingerprint density at radius 1 is 1.12 bits per heavy atom. The van der Waals surface area contributed by atoms with Gasteiger partial charge in [0.15, 0.2) is 5.82 Å². The van der Waals surface area contributed by atoms with E-state index in [4.69, 9.17) is 0 Å². The molecule has 0 amide bonds. The zero-order valence-electron chi connectivity index (χ0n) is 12.9. The van der Waals surface area contributed by atoms with Gasteiger partial charge in [-0.25, -0.2) is 4.79 Å². The molecule has 0 saturated carbocycles. The van der Waals surface area contributed by atoms with Crippen LogP contribution in [-0.2, 0) is 0 Å². The molecule has 1 heterocycles. The van der Waals surface area contributed by atoms with Gasteiger partial charge in [-0.15, -0.1) is 19.2 Å². The van der Waals surface area contributed by atoms with Gasteiger partial charge in [0.25, 0.3) is 0 Å². The van der Waals surface area contributed by atoms with Crippen LogP contribution in [0, 0.1) is 0 Å². The first kappa shape index (κ1) is 16.0. The van der Waals surface area contributed by atoms with E-state index in [1.807, 2.05) is 54.6 Å². The van der Waals surface area contributed by atoms with Crippen LogP contribution >= 0.6 is 12.6 Å². The van der Waals surface area contributed by atoms with Crippen LogP contribution in [0.15, 0.2) is 76.9 Å². The third kappa shape index (κ3) is 3.23. The molecule has 0 atom stereocenters. The SMILES string of the molecule is C=CCNc1nc(=O)n(-c2ccccc2)nc1-c1ccccc1S. The van der Waals surface area contributed by atoms with E-state index in [0.717, 1.165) is 10.5 Å². The van der Waals surface area contributed by atoms with E-state index in [1.165, 1.54) is 4.68 Å². The summed E-state index contributed by atoms with van der Waals surface area (Å²) in [6.45, 7) is 4.15. The van der Waals surface area contributed by atoms with Crippen molar-refractivity contribution in [1.82, 2.24) is 14.8 Å². The molecule has 0 aliphatic carbocycles. The molecule has 1 aromatic heterocycles. The summed E-state index contributed by atoms with van der Waals surface area (Å²) < 4.78 is 1.29. The van der Waals surface area contributed by atoms with Crippen LogP contribution in [0.3, 0.4) is 0 Å². The largest absolute Gasteiger partial charge is 0.370 e. The highest BCUT2D eigenvalue weighted by Gasteiger charge is 2.15. The second-order valence-corrected chi connectivity index (χ2v) is 5.51. The maximum Gasteiger partial charge on any atom is 0.370 e. The Balaban J connectivity index is 2.22. The molecule has 0 aliphatic heterocycles. The molecule has 6 heteroatoms. The summed E-state index contributed by atoms with van der Waals surface area (Å²) in [6, 6.07) is 16.7. The van der Waals surface area contributed by atoms with Crippen molar-refractivity contribution in [3.63, 3.8) is 0 Å². The zero-order chi connectivity index (χ0) is 16.9. The monoisotopic (exact) mass is 336 g/mol. The topological polar surface area (TPSA) is 59.8 Å². The molecule has 0 spiro atoms. The van der Waals surface area contributed by atoms with Gasteiger partial charge in [0, 0.05) is 17.0 Å². The van der Waals surface area contributed by atoms with Crippen LogP contribution in [-0.4, -0.2) is 21.3 Å². The summed E-state index contributed by atoms with van der Waals surface area (Å²) >= 11 is 4.49. The summed E-state index contributed by atoms with van der Waals surface area (Å²) in [5.74, 6) is 0.411. The van der Waals surface area contributed by atoms with Gasteiger partial charge >= 0.3 is 5.69 Å². The molecule has 120 valence electrons. The molecule has 0 fully saturated rings. The van der Waals surface area contributed by atoms with Gasteiger partial charge in [-0.2, -0.15) is 14.8 Å². The smallest absolute Gasteiger partial charge is 0.365 e. The standard InChI is InChI=1S/C18H16N4OS/c1-2-12-19-17-16(14-10-6-7-11-15(14)24)21-22(18(23)20-17)13-8-4-3-5-9-13/h2-11,24H,1,12H2,(H,19,20,23). The fourth-order valence-electron chi connectivity index (χ4n) is 2.27. The Bertz CT molecular complexity index is 922. The average Bonchev–Trinajstić information content (AvgIpc) is 2.61. The van der Waals surface area contributed by atoms with Crippen molar-refractivity contribution in [3.8, 4) is 16.9 Å². The molecule has 3 aromatic rings. The summed E-state index contributed by atoms with van der Waals surface area (Å²) in [7, 11) is 0. The molecule has 5 nitrogen and oxygen atoms in total. The Labute approximate surface area is 145 Å². The minimum absolute atomic E-state index is 0.411. The number of hydrogen-bond donors (Lipinski definition) is 2. The van der Waals surface area contributed by atoms with Crippen LogP contribution < -0.4 is 11.0 Å². The van der Waals surface area contributed by atoms with Crippen LogP contribution in [0.5, 0.6) is 0 Å². The summed E-state index contributed by atoms with van der Waals surface area (Å²) in [4.78, 5) is 17.3. The zero-order valence-corrected chi connectivity index (χ0v) is 13.8. The minimum Gasteiger partial charge on any atom is -0.365 e. The molecule has 0 unspecified atom stereocenters. The number of benzene rings is 2. The number of anilines is 1. The highest BCUT2D eigenvalue weighted by atomic mass is 32.1.